The van der Waals surface area contributed by atoms with E-state index in [9.17, 15) is 0 Å². The minimum atomic E-state index is -0.640. The van der Waals surface area contributed by atoms with Gasteiger partial charge in [-0.1, -0.05) is 103 Å². The third kappa shape index (κ3) is 4.98. The first-order valence-corrected chi connectivity index (χ1v) is 11.4. The monoisotopic (exact) mass is 412 g/mol. The molecule has 0 bridgehead atoms. The van der Waals surface area contributed by atoms with E-state index in [4.69, 9.17) is 9.47 Å². The van der Waals surface area contributed by atoms with E-state index in [-0.39, 0.29) is 0 Å². The summed E-state index contributed by atoms with van der Waals surface area (Å²) in [7, 11) is 0. The average molecular weight is 413 g/mol. The summed E-state index contributed by atoms with van der Waals surface area (Å²) in [5.41, 5.74) is 2.83. The van der Waals surface area contributed by atoms with Crippen LogP contribution in [0.3, 0.4) is 0 Å². The molecule has 1 saturated carbocycles. The smallest absolute Gasteiger partial charge is 0.143 e. The molecular formula is C29H32O2. The minimum absolute atomic E-state index is 0.305. The topological polar surface area (TPSA) is 18.5 Å². The van der Waals surface area contributed by atoms with Gasteiger partial charge in [0.15, 0.2) is 0 Å². The minimum Gasteiger partial charge on any atom is -0.374 e. The molecule has 2 atom stereocenters. The molecule has 3 aromatic rings. The highest BCUT2D eigenvalue weighted by molar-refractivity contribution is 5.47. The van der Waals surface area contributed by atoms with E-state index in [2.05, 4.69) is 97.6 Å². The SMILES string of the molecule is C=CCO[C@@H]1CCC[C@H](COC(c2ccccc2)(c2ccccc2)c2ccccc2)C1. The Morgan fingerprint density at radius 3 is 1.77 bits per heavy atom. The third-order valence-electron chi connectivity index (χ3n) is 6.26. The lowest BCUT2D eigenvalue weighted by atomic mass is 9.79. The molecule has 1 fully saturated rings. The second kappa shape index (κ2) is 10.6. The molecule has 160 valence electrons. The number of hydrogen-bond acceptors (Lipinski definition) is 2. The standard InChI is InChI=1S/C29H32O2/c1-2-21-30-28-20-12-13-24(22-28)23-31-29(25-14-6-3-7-15-25,26-16-8-4-9-17-26)27-18-10-5-11-19-27/h2-11,14-19,24,28H,1,12-13,20-23H2/t24-,28+/m0/s1. The summed E-state index contributed by atoms with van der Waals surface area (Å²) in [5.74, 6) is 0.485. The highest BCUT2D eigenvalue weighted by Crippen LogP contribution is 2.41. The summed E-state index contributed by atoms with van der Waals surface area (Å²) < 4.78 is 13.0. The van der Waals surface area contributed by atoms with Gasteiger partial charge in [0.1, 0.15) is 5.60 Å². The summed E-state index contributed by atoms with van der Waals surface area (Å²) in [4.78, 5) is 0. The molecule has 3 aromatic carbocycles. The van der Waals surface area contributed by atoms with Gasteiger partial charge in [0, 0.05) is 0 Å². The molecule has 1 aliphatic carbocycles. The predicted molar refractivity (Wildman–Crippen MR) is 127 cm³/mol. The Hall–Kier alpha value is -2.68. The first-order valence-electron chi connectivity index (χ1n) is 11.4. The van der Waals surface area contributed by atoms with Crippen LogP contribution in [-0.2, 0) is 15.1 Å². The molecule has 0 heterocycles. The Morgan fingerprint density at radius 1 is 0.774 bits per heavy atom. The largest absolute Gasteiger partial charge is 0.374 e. The van der Waals surface area contributed by atoms with E-state index in [0.717, 1.165) is 29.5 Å². The molecule has 0 spiro atoms. The number of benzene rings is 3. The summed E-state index contributed by atoms with van der Waals surface area (Å²) >= 11 is 0. The van der Waals surface area contributed by atoms with Crippen molar-refractivity contribution >= 4 is 0 Å². The average Bonchev–Trinajstić information content (AvgIpc) is 2.85. The van der Waals surface area contributed by atoms with Crippen LogP contribution in [0, 0.1) is 5.92 Å². The molecule has 2 nitrogen and oxygen atoms in total. The molecule has 0 amide bonds. The van der Waals surface area contributed by atoms with Crippen LogP contribution >= 0.6 is 0 Å². The lowest BCUT2D eigenvalue weighted by Crippen LogP contribution is -2.36. The molecule has 0 saturated heterocycles. The van der Waals surface area contributed by atoms with Crippen molar-refractivity contribution in [3.63, 3.8) is 0 Å². The van der Waals surface area contributed by atoms with Crippen LogP contribution < -0.4 is 0 Å². The fourth-order valence-corrected chi connectivity index (χ4v) is 4.76. The van der Waals surface area contributed by atoms with Gasteiger partial charge in [0.25, 0.3) is 0 Å². The van der Waals surface area contributed by atoms with Crippen LogP contribution in [0.15, 0.2) is 104 Å². The van der Waals surface area contributed by atoms with E-state index in [1.165, 1.54) is 12.8 Å². The molecule has 0 unspecified atom stereocenters. The van der Waals surface area contributed by atoms with E-state index in [1.807, 2.05) is 6.08 Å². The zero-order chi connectivity index (χ0) is 21.4. The van der Waals surface area contributed by atoms with E-state index < -0.39 is 5.60 Å². The van der Waals surface area contributed by atoms with Crippen LogP contribution in [0.2, 0.25) is 0 Å². The van der Waals surface area contributed by atoms with Gasteiger partial charge in [0.2, 0.25) is 0 Å². The number of ether oxygens (including phenoxy) is 2. The van der Waals surface area contributed by atoms with Crippen molar-refractivity contribution in [2.45, 2.75) is 37.4 Å². The maximum Gasteiger partial charge on any atom is 0.143 e. The number of hydrogen-bond donors (Lipinski definition) is 0. The van der Waals surface area contributed by atoms with Gasteiger partial charge in [-0.05, 0) is 41.9 Å². The van der Waals surface area contributed by atoms with E-state index in [1.54, 1.807) is 0 Å². The van der Waals surface area contributed by atoms with Crippen molar-refractivity contribution in [3.8, 4) is 0 Å². The van der Waals surface area contributed by atoms with Crippen molar-refractivity contribution in [3.05, 3.63) is 120 Å². The molecule has 0 aromatic heterocycles. The van der Waals surface area contributed by atoms with Gasteiger partial charge in [-0.3, -0.25) is 0 Å². The normalized spacial score (nSPS) is 19.1. The Kier molecular flexibility index (Phi) is 7.35. The molecule has 2 heteroatoms. The van der Waals surface area contributed by atoms with Gasteiger partial charge in [-0.15, -0.1) is 6.58 Å². The van der Waals surface area contributed by atoms with E-state index >= 15 is 0 Å². The van der Waals surface area contributed by atoms with Crippen molar-refractivity contribution in [1.82, 2.24) is 0 Å². The quantitative estimate of drug-likeness (QED) is 0.286. The van der Waals surface area contributed by atoms with Crippen molar-refractivity contribution in [1.29, 1.82) is 0 Å². The Balaban J connectivity index is 1.68. The molecular weight excluding hydrogens is 380 g/mol. The zero-order valence-electron chi connectivity index (χ0n) is 18.2. The van der Waals surface area contributed by atoms with Crippen molar-refractivity contribution in [2.75, 3.05) is 13.2 Å². The first kappa shape index (κ1) is 21.5. The van der Waals surface area contributed by atoms with Crippen LogP contribution in [0.5, 0.6) is 0 Å². The van der Waals surface area contributed by atoms with Crippen molar-refractivity contribution in [2.24, 2.45) is 5.92 Å². The molecule has 0 N–H and O–H groups in total. The van der Waals surface area contributed by atoms with Gasteiger partial charge in [0.05, 0.1) is 19.3 Å². The van der Waals surface area contributed by atoms with Gasteiger partial charge in [-0.2, -0.15) is 0 Å². The lowest BCUT2D eigenvalue weighted by molar-refractivity contribution is -0.0384. The first-order chi connectivity index (χ1) is 15.3. The third-order valence-corrected chi connectivity index (χ3v) is 6.26. The van der Waals surface area contributed by atoms with E-state index in [0.29, 0.717) is 25.2 Å². The fraction of sp³-hybridized carbons (Fsp3) is 0.310. The maximum absolute atomic E-state index is 7.00. The Bertz CT molecular complexity index is 824. The molecule has 0 radical (unpaired) electrons. The highest BCUT2D eigenvalue weighted by Gasteiger charge is 2.38. The summed E-state index contributed by atoms with van der Waals surface area (Å²) in [6.07, 6.45) is 6.69. The molecule has 31 heavy (non-hydrogen) atoms. The molecule has 1 aliphatic rings. The zero-order valence-corrected chi connectivity index (χ0v) is 18.2. The molecule has 0 aliphatic heterocycles. The Morgan fingerprint density at radius 2 is 1.29 bits per heavy atom. The lowest BCUT2D eigenvalue weighted by Gasteiger charge is -2.38. The predicted octanol–water partition coefficient (Wildman–Crippen LogP) is 6.76. The summed E-state index contributed by atoms with van der Waals surface area (Å²) in [6, 6.07) is 31.8. The summed E-state index contributed by atoms with van der Waals surface area (Å²) in [5, 5.41) is 0. The van der Waals surface area contributed by atoms with Crippen LogP contribution in [0.25, 0.3) is 0 Å². The second-order valence-corrected chi connectivity index (χ2v) is 8.37. The van der Waals surface area contributed by atoms with Gasteiger partial charge < -0.3 is 9.47 Å². The molecule has 4 rings (SSSR count). The maximum atomic E-state index is 7.00. The Labute approximate surface area is 186 Å². The van der Waals surface area contributed by atoms with Crippen molar-refractivity contribution < 1.29 is 9.47 Å². The fourth-order valence-electron chi connectivity index (χ4n) is 4.76. The second-order valence-electron chi connectivity index (χ2n) is 8.37. The van der Waals surface area contributed by atoms with Crippen LogP contribution in [0.4, 0.5) is 0 Å². The van der Waals surface area contributed by atoms with Gasteiger partial charge >= 0.3 is 0 Å². The van der Waals surface area contributed by atoms with Gasteiger partial charge in [-0.25, -0.2) is 0 Å². The summed E-state index contributed by atoms with van der Waals surface area (Å²) in [6.45, 7) is 5.11. The number of rotatable bonds is 9. The van der Waals surface area contributed by atoms with Crippen LogP contribution in [-0.4, -0.2) is 19.3 Å². The highest BCUT2D eigenvalue weighted by atomic mass is 16.5. The van der Waals surface area contributed by atoms with Crippen LogP contribution in [0.1, 0.15) is 42.4 Å².